The van der Waals surface area contributed by atoms with Crippen LogP contribution in [-0.2, 0) is 0 Å². The fourth-order valence-corrected chi connectivity index (χ4v) is 4.00. The highest BCUT2D eigenvalue weighted by atomic mass is 16.6. The van der Waals surface area contributed by atoms with E-state index in [9.17, 15) is 4.79 Å². The number of hydrogen-bond donors (Lipinski definition) is 2. The van der Waals surface area contributed by atoms with Gasteiger partial charge in [0.25, 0.3) is 0 Å². The van der Waals surface area contributed by atoms with Crippen LogP contribution in [0.4, 0.5) is 10.5 Å². The minimum atomic E-state index is -0.176. The van der Waals surface area contributed by atoms with Crippen molar-refractivity contribution >= 4 is 11.7 Å². The summed E-state index contributed by atoms with van der Waals surface area (Å²) in [6.45, 7) is 10.3. The normalized spacial score (nSPS) is 17.1. The molecule has 2 aliphatic heterocycles. The van der Waals surface area contributed by atoms with E-state index < -0.39 is 0 Å². The number of urea groups is 1. The number of amides is 2. The Kier molecular flexibility index (Phi) is 8.59. The summed E-state index contributed by atoms with van der Waals surface area (Å²) in [5.41, 5.74) is 1.93. The van der Waals surface area contributed by atoms with Crippen LogP contribution in [0.3, 0.4) is 0 Å². The number of benzene rings is 2. The summed E-state index contributed by atoms with van der Waals surface area (Å²) >= 11 is 0. The Labute approximate surface area is 185 Å². The smallest absolute Gasteiger partial charge is 0.319 e. The van der Waals surface area contributed by atoms with Gasteiger partial charge in [0.15, 0.2) is 11.5 Å². The largest absolute Gasteiger partial charge is 0.486 e. The molecule has 1 fully saturated rings. The highest BCUT2D eigenvalue weighted by Gasteiger charge is 2.26. The van der Waals surface area contributed by atoms with E-state index in [0.717, 1.165) is 42.4 Å². The van der Waals surface area contributed by atoms with Crippen molar-refractivity contribution in [1.29, 1.82) is 0 Å². The Balaban J connectivity index is 0.00000132. The molecule has 6 nitrogen and oxygen atoms in total. The SMILES string of the molecule is CC.CC(c1ccc2c(c1)OCCO2)C(CN1CCCC1)NC(=O)Nc1ccccc1. The molecule has 0 saturated carbocycles. The molecule has 2 aromatic rings. The molecule has 2 heterocycles. The number of likely N-dealkylation sites (tertiary alicyclic amines) is 1. The number of anilines is 1. The first-order valence-electron chi connectivity index (χ1n) is 11.4. The zero-order chi connectivity index (χ0) is 22.1. The molecule has 0 spiro atoms. The highest BCUT2D eigenvalue weighted by molar-refractivity contribution is 5.89. The summed E-state index contributed by atoms with van der Waals surface area (Å²) in [7, 11) is 0. The fourth-order valence-electron chi connectivity index (χ4n) is 4.00. The van der Waals surface area contributed by atoms with Crippen LogP contribution in [0.25, 0.3) is 0 Å². The van der Waals surface area contributed by atoms with Crippen LogP contribution in [0.1, 0.15) is 45.1 Å². The second-order valence-electron chi connectivity index (χ2n) is 7.77. The lowest BCUT2D eigenvalue weighted by molar-refractivity contribution is 0.171. The number of nitrogens with one attached hydrogen (secondary N) is 2. The Morgan fingerprint density at radius 2 is 1.68 bits per heavy atom. The second-order valence-corrected chi connectivity index (χ2v) is 7.77. The first-order chi connectivity index (χ1) is 15.2. The minimum Gasteiger partial charge on any atom is -0.486 e. The molecule has 0 radical (unpaired) electrons. The maximum Gasteiger partial charge on any atom is 0.319 e. The average Bonchev–Trinajstić information content (AvgIpc) is 3.33. The van der Waals surface area contributed by atoms with Gasteiger partial charge in [0.05, 0.1) is 0 Å². The van der Waals surface area contributed by atoms with Gasteiger partial charge >= 0.3 is 6.03 Å². The van der Waals surface area contributed by atoms with Crippen molar-refractivity contribution in [2.24, 2.45) is 0 Å². The van der Waals surface area contributed by atoms with Gasteiger partial charge in [0.2, 0.25) is 0 Å². The molecule has 0 bridgehead atoms. The molecular formula is C25H35N3O3. The van der Waals surface area contributed by atoms with E-state index in [4.69, 9.17) is 9.47 Å². The Morgan fingerprint density at radius 1 is 1.00 bits per heavy atom. The molecular weight excluding hydrogens is 390 g/mol. The number of ether oxygens (including phenoxy) is 2. The quantitative estimate of drug-likeness (QED) is 0.693. The first kappa shape index (κ1) is 22.9. The van der Waals surface area contributed by atoms with Gasteiger partial charge in [0.1, 0.15) is 13.2 Å². The first-order valence-corrected chi connectivity index (χ1v) is 11.4. The van der Waals surface area contributed by atoms with Crippen LogP contribution in [0.15, 0.2) is 48.5 Å². The molecule has 2 aromatic carbocycles. The summed E-state index contributed by atoms with van der Waals surface area (Å²) in [5.74, 6) is 1.71. The van der Waals surface area contributed by atoms with Crippen LogP contribution in [0, 0.1) is 0 Å². The minimum absolute atomic E-state index is 0.0145. The third kappa shape index (κ3) is 6.37. The predicted octanol–water partition coefficient (Wildman–Crippen LogP) is 4.87. The van der Waals surface area contributed by atoms with Gasteiger partial charge < -0.3 is 25.0 Å². The highest BCUT2D eigenvalue weighted by Crippen LogP contribution is 2.34. The molecule has 4 rings (SSSR count). The fraction of sp³-hybridized carbons (Fsp3) is 0.480. The van der Waals surface area contributed by atoms with E-state index in [0.29, 0.717) is 13.2 Å². The summed E-state index contributed by atoms with van der Waals surface area (Å²) in [4.78, 5) is 15.1. The summed E-state index contributed by atoms with van der Waals surface area (Å²) < 4.78 is 11.4. The number of para-hydroxylation sites is 1. The molecule has 2 aliphatic rings. The van der Waals surface area contributed by atoms with Gasteiger partial charge in [-0.1, -0.05) is 45.0 Å². The van der Waals surface area contributed by atoms with Gasteiger partial charge in [-0.05, 0) is 55.8 Å². The van der Waals surface area contributed by atoms with Crippen molar-refractivity contribution in [1.82, 2.24) is 10.2 Å². The van der Waals surface area contributed by atoms with Crippen molar-refractivity contribution in [2.75, 3.05) is 38.2 Å². The zero-order valence-electron chi connectivity index (χ0n) is 18.9. The van der Waals surface area contributed by atoms with E-state index in [1.54, 1.807) is 0 Å². The predicted molar refractivity (Wildman–Crippen MR) is 125 cm³/mol. The zero-order valence-corrected chi connectivity index (χ0v) is 18.9. The summed E-state index contributed by atoms with van der Waals surface area (Å²) in [6.07, 6.45) is 2.45. The summed E-state index contributed by atoms with van der Waals surface area (Å²) in [6, 6.07) is 15.4. The van der Waals surface area contributed by atoms with E-state index in [1.807, 2.05) is 56.3 Å². The third-order valence-electron chi connectivity index (χ3n) is 5.70. The molecule has 1 saturated heterocycles. The molecule has 6 heteroatoms. The maximum absolute atomic E-state index is 12.7. The van der Waals surface area contributed by atoms with E-state index in [-0.39, 0.29) is 18.0 Å². The number of nitrogens with zero attached hydrogens (tertiary/aromatic N) is 1. The Bertz CT molecular complexity index is 822. The van der Waals surface area contributed by atoms with Crippen LogP contribution in [0.5, 0.6) is 11.5 Å². The van der Waals surface area contributed by atoms with Crippen molar-refractivity contribution in [3.05, 3.63) is 54.1 Å². The van der Waals surface area contributed by atoms with Crippen LogP contribution in [-0.4, -0.2) is 49.8 Å². The van der Waals surface area contributed by atoms with Crippen molar-refractivity contribution < 1.29 is 14.3 Å². The lowest BCUT2D eigenvalue weighted by Gasteiger charge is -2.30. The van der Waals surface area contributed by atoms with Gasteiger partial charge in [0, 0.05) is 24.2 Å². The molecule has 168 valence electrons. The average molecular weight is 426 g/mol. The van der Waals surface area contributed by atoms with Gasteiger partial charge in [-0.2, -0.15) is 0 Å². The molecule has 2 unspecified atom stereocenters. The van der Waals surface area contributed by atoms with Gasteiger partial charge in [-0.3, -0.25) is 0 Å². The molecule has 0 aromatic heterocycles. The van der Waals surface area contributed by atoms with Crippen LogP contribution >= 0.6 is 0 Å². The number of fused-ring (bicyclic) bond motifs is 1. The topological polar surface area (TPSA) is 62.8 Å². The molecule has 31 heavy (non-hydrogen) atoms. The monoisotopic (exact) mass is 425 g/mol. The van der Waals surface area contributed by atoms with Gasteiger partial charge in [-0.15, -0.1) is 0 Å². The standard InChI is InChI=1S/C23H29N3O3.C2H6/c1-17(18-9-10-21-22(15-18)29-14-13-28-21)20(16-26-11-5-6-12-26)25-23(27)24-19-7-3-2-4-8-19;1-2/h2-4,7-10,15,17,20H,5-6,11-14,16H2,1H3,(H2,24,25,27);1-2H3. The van der Waals surface area contributed by atoms with Crippen molar-refractivity contribution in [2.45, 2.75) is 45.6 Å². The van der Waals surface area contributed by atoms with E-state index in [1.165, 1.54) is 12.8 Å². The van der Waals surface area contributed by atoms with Crippen LogP contribution in [0.2, 0.25) is 0 Å². The second kappa shape index (κ2) is 11.6. The Hall–Kier alpha value is -2.73. The number of carbonyl (C=O) groups is 1. The lowest BCUT2D eigenvalue weighted by atomic mass is 9.92. The van der Waals surface area contributed by atoms with E-state index >= 15 is 0 Å². The molecule has 2 atom stereocenters. The van der Waals surface area contributed by atoms with Crippen molar-refractivity contribution in [3.8, 4) is 11.5 Å². The molecule has 0 aliphatic carbocycles. The third-order valence-corrected chi connectivity index (χ3v) is 5.70. The molecule has 2 amide bonds. The maximum atomic E-state index is 12.7. The number of hydrogen-bond acceptors (Lipinski definition) is 4. The summed E-state index contributed by atoms with van der Waals surface area (Å²) in [5, 5.41) is 6.15. The van der Waals surface area contributed by atoms with E-state index in [2.05, 4.69) is 28.5 Å². The van der Waals surface area contributed by atoms with Crippen LogP contribution < -0.4 is 20.1 Å². The number of rotatable bonds is 6. The van der Waals surface area contributed by atoms with Crippen molar-refractivity contribution in [3.63, 3.8) is 0 Å². The molecule has 2 N–H and O–H groups in total. The lowest BCUT2D eigenvalue weighted by Crippen LogP contribution is -2.47. The Morgan fingerprint density at radius 3 is 2.39 bits per heavy atom. The number of carbonyl (C=O) groups excluding carboxylic acids is 1. The van der Waals surface area contributed by atoms with Gasteiger partial charge in [-0.25, -0.2) is 4.79 Å².